The van der Waals surface area contributed by atoms with Gasteiger partial charge in [-0.25, -0.2) is 4.98 Å². The third kappa shape index (κ3) is 5.17. The first-order valence-corrected chi connectivity index (χ1v) is 12.0. The minimum absolute atomic E-state index is 0.0803. The molecule has 1 N–H and O–H groups in total. The number of ether oxygens (including phenoxy) is 1. The van der Waals surface area contributed by atoms with Gasteiger partial charge in [-0.1, -0.05) is 24.3 Å². The van der Waals surface area contributed by atoms with Crippen molar-refractivity contribution in [1.29, 1.82) is 0 Å². The van der Waals surface area contributed by atoms with Crippen LogP contribution in [0, 0.1) is 6.92 Å². The van der Waals surface area contributed by atoms with Gasteiger partial charge in [0.1, 0.15) is 11.4 Å². The molecule has 0 aliphatic carbocycles. The van der Waals surface area contributed by atoms with Gasteiger partial charge in [-0.15, -0.1) is 0 Å². The Labute approximate surface area is 205 Å². The van der Waals surface area contributed by atoms with Crippen LogP contribution in [0.3, 0.4) is 0 Å². The molecule has 4 heterocycles. The van der Waals surface area contributed by atoms with Crippen molar-refractivity contribution in [3.8, 4) is 22.6 Å². The topological polar surface area (TPSA) is 86.9 Å². The number of pyridine rings is 1. The molecule has 180 valence electrons. The molecule has 1 fully saturated rings. The van der Waals surface area contributed by atoms with Crippen LogP contribution in [0.15, 0.2) is 54.9 Å². The van der Waals surface area contributed by atoms with Gasteiger partial charge in [-0.05, 0) is 61.1 Å². The molecule has 1 aliphatic heterocycles. The maximum absolute atomic E-state index is 13.0. The van der Waals surface area contributed by atoms with E-state index < -0.39 is 0 Å². The van der Waals surface area contributed by atoms with Crippen LogP contribution in [0.25, 0.3) is 22.6 Å². The number of carbonyl (C=O) groups is 1. The number of amides is 1. The average Bonchev–Trinajstić information content (AvgIpc) is 3.62. The average molecular weight is 471 g/mol. The van der Waals surface area contributed by atoms with Gasteiger partial charge in [0.2, 0.25) is 0 Å². The lowest BCUT2D eigenvalue weighted by Crippen LogP contribution is -2.32. The number of nitrogens with zero attached hydrogens (tertiary/aromatic N) is 5. The quantitative estimate of drug-likeness (QED) is 0.445. The summed E-state index contributed by atoms with van der Waals surface area (Å²) in [6.45, 7) is 3.30. The van der Waals surface area contributed by atoms with Crippen LogP contribution in [0.4, 0.5) is 0 Å². The predicted molar refractivity (Wildman–Crippen MR) is 134 cm³/mol. The second-order valence-corrected chi connectivity index (χ2v) is 9.11. The van der Waals surface area contributed by atoms with Crippen molar-refractivity contribution in [2.45, 2.75) is 32.3 Å². The van der Waals surface area contributed by atoms with Gasteiger partial charge in [0, 0.05) is 45.2 Å². The van der Waals surface area contributed by atoms with E-state index in [1.54, 1.807) is 9.36 Å². The van der Waals surface area contributed by atoms with E-state index in [4.69, 9.17) is 9.72 Å². The number of hydrogen-bond donors (Lipinski definition) is 1. The van der Waals surface area contributed by atoms with Crippen LogP contribution in [0.5, 0.6) is 0 Å². The molecule has 4 aromatic rings. The molecule has 0 saturated carbocycles. The van der Waals surface area contributed by atoms with E-state index in [0.29, 0.717) is 18.7 Å². The zero-order valence-electron chi connectivity index (χ0n) is 20.4. The molecule has 0 spiro atoms. The maximum Gasteiger partial charge on any atom is 0.270 e. The lowest BCUT2D eigenvalue weighted by molar-refractivity contribution is 0.0853. The highest BCUT2D eigenvalue weighted by Gasteiger charge is 2.20. The highest BCUT2D eigenvalue weighted by molar-refractivity contribution is 5.93. The fourth-order valence-electron chi connectivity index (χ4n) is 4.44. The Hall–Kier alpha value is -3.78. The molecule has 0 radical (unpaired) electrons. The molecule has 35 heavy (non-hydrogen) atoms. The number of aryl methyl sites for hydroxylation is 2. The minimum Gasteiger partial charge on any atom is -0.376 e. The van der Waals surface area contributed by atoms with E-state index in [0.717, 1.165) is 58.8 Å². The van der Waals surface area contributed by atoms with E-state index in [-0.39, 0.29) is 12.0 Å². The monoisotopic (exact) mass is 470 g/mol. The van der Waals surface area contributed by atoms with Crippen molar-refractivity contribution in [1.82, 2.24) is 29.9 Å². The number of nitrogens with one attached hydrogen (secondary N) is 1. The summed E-state index contributed by atoms with van der Waals surface area (Å²) in [6, 6.07) is 14.2. The van der Waals surface area contributed by atoms with Gasteiger partial charge in [-0.3, -0.25) is 14.2 Å². The van der Waals surface area contributed by atoms with E-state index in [9.17, 15) is 4.79 Å². The van der Waals surface area contributed by atoms with Gasteiger partial charge in [-0.2, -0.15) is 10.2 Å². The summed E-state index contributed by atoms with van der Waals surface area (Å²) >= 11 is 0. The number of carbonyl (C=O) groups excluding carboxylic acids is 1. The van der Waals surface area contributed by atoms with Crippen molar-refractivity contribution < 1.29 is 9.53 Å². The minimum atomic E-state index is -0.190. The Balaban J connectivity index is 1.43. The van der Waals surface area contributed by atoms with E-state index in [1.165, 1.54) is 0 Å². The number of benzene rings is 1. The van der Waals surface area contributed by atoms with E-state index in [1.807, 2.05) is 51.6 Å². The van der Waals surface area contributed by atoms with Crippen molar-refractivity contribution >= 4 is 5.91 Å². The Morgan fingerprint density at radius 3 is 2.40 bits per heavy atom. The summed E-state index contributed by atoms with van der Waals surface area (Å²) in [5.41, 5.74) is 7.12. The summed E-state index contributed by atoms with van der Waals surface area (Å²) in [5, 5.41) is 12.0. The Kier molecular flexibility index (Phi) is 6.46. The van der Waals surface area contributed by atoms with Crippen LogP contribution in [-0.2, 0) is 25.3 Å². The van der Waals surface area contributed by atoms with Gasteiger partial charge >= 0.3 is 0 Å². The van der Waals surface area contributed by atoms with Crippen molar-refractivity contribution in [3.63, 3.8) is 0 Å². The smallest absolute Gasteiger partial charge is 0.270 e. The molecule has 1 unspecified atom stereocenters. The van der Waals surface area contributed by atoms with Crippen LogP contribution >= 0.6 is 0 Å². The van der Waals surface area contributed by atoms with Gasteiger partial charge in [0.25, 0.3) is 5.91 Å². The second kappa shape index (κ2) is 9.84. The first kappa shape index (κ1) is 23.0. The summed E-state index contributed by atoms with van der Waals surface area (Å²) in [7, 11) is 3.79. The highest BCUT2D eigenvalue weighted by atomic mass is 16.5. The molecule has 1 aliphatic rings. The second-order valence-electron chi connectivity index (χ2n) is 9.11. The molecule has 8 heteroatoms. The standard InChI is InChI=1S/C27H30N6O2/c1-18-21(15-19-6-8-20(9-7-19)23-10-12-32(2)30-23)16-25(27(34)28-17-22-5-4-14-35-22)29-26(18)24-11-13-33(3)31-24/h6-13,16,22H,4-5,14-15,17H2,1-3H3,(H,28,34). The van der Waals surface area contributed by atoms with Gasteiger partial charge in [0.05, 0.1) is 17.5 Å². The van der Waals surface area contributed by atoms with Crippen molar-refractivity contribution in [2.75, 3.05) is 13.2 Å². The van der Waals surface area contributed by atoms with Gasteiger partial charge in [0.15, 0.2) is 0 Å². The number of aromatic nitrogens is 5. The molecule has 5 rings (SSSR count). The van der Waals surface area contributed by atoms with Crippen LogP contribution in [0.1, 0.15) is 40.0 Å². The first-order valence-electron chi connectivity index (χ1n) is 12.0. The Morgan fingerprint density at radius 2 is 1.77 bits per heavy atom. The Bertz CT molecular complexity index is 1330. The van der Waals surface area contributed by atoms with Crippen molar-refractivity contribution in [2.24, 2.45) is 14.1 Å². The van der Waals surface area contributed by atoms with Crippen molar-refractivity contribution in [3.05, 3.63) is 77.2 Å². The zero-order chi connectivity index (χ0) is 24.4. The number of hydrogen-bond acceptors (Lipinski definition) is 5. The summed E-state index contributed by atoms with van der Waals surface area (Å²) in [6.07, 6.45) is 6.60. The summed E-state index contributed by atoms with van der Waals surface area (Å²) in [5.74, 6) is -0.190. The molecule has 3 aromatic heterocycles. The fraction of sp³-hybridized carbons (Fsp3) is 0.333. The van der Waals surface area contributed by atoms with Crippen LogP contribution in [0.2, 0.25) is 0 Å². The van der Waals surface area contributed by atoms with E-state index in [2.05, 4.69) is 39.8 Å². The third-order valence-corrected chi connectivity index (χ3v) is 6.44. The predicted octanol–water partition coefficient (Wildman–Crippen LogP) is 3.69. The lowest BCUT2D eigenvalue weighted by atomic mass is 9.97. The SMILES string of the molecule is Cc1c(Cc2ccc(-c3ccn(C)n3)cc2)cc(C(=O)NCC2CCCO2)nc1-c1ccn(C)n1. The fourth-order valence-corrected chi connectivity index (χ4v) is 4.44. The van der Waals surface area contributed by atoms with Gasteiger partial charge < -0.3 is 10.1 Å². The first-order chi connectivity index (χ1) is 17.0. The molecular weight excluding hydrogens is 440 g/mol. The normalized spacial score (nSPS) is 15.5. The number of rotatable bonds is 7. The molecule has 0 bridgehead atoms. The highest BCUT2D eigenvalue weighted by Crippen LogP contribution is 2.26. The molecule has 1 atom stereocenters. The van der Waals surface area contributed by atoms with E-state index >= 15 is 0 Å². The zero-order valence-corrected chi connectivity index (χ0v) is 20.4. The summed E-state index contributed by atoms with van der Waals surface area (Å²) < 4.78 is 9.19. The maximum atomic E-state index is 13.0. The molecule has 1 amide bonds. The Morgan fingerprint density at radius 1 is 1.06 bits per heavy atom. The summed E-state index contributed by atoms with van der Waals surface area (Å²) in [4.78, 5) is 17.8. The largest absolute Gasteiger partial charge is 0.376 e. The molecule has 8 nitrogen and oxygen atoms in total. The molecular formula is C27H30N6O2. The molecule has 1 saturated heterocycles. The van der Waals surface area contributed by atoms with Crippen LogP contribution < -0.4 is 5.32 Å². The lowest BCUT2D eigenvalue weighted by Gasteiger charge is -2.14. The molecule has 1 aromatic carbocycles. The third-order valence-electron chi connectivity index (χ3n) is 6.44. The van der Waals surface area contributed by atoms with Crippen LogP contribution in [-0.4, -0.2) is 49.7 Å².